The SMILES string of the molecule is CCC(F)(C(=O)O)P(C)(C)=O. The normalized spacial score (nSPS) is 17.5. The van der Waals surface area contributed by atoms with Gasteiger partial charge in [0.25, 0.3) is 5.41 Å². The second kappa shape index (κ2) is 2.94. The number of carboxylic acids is 1. The molecule has 0 aliphatic heterocycles. The molecule has 1 unspecified atom stereocenters. The molecule has 0 bridgehead atoms. The van der Waals surface area contributed by atoms with Gasteiger partial charge in [-0.05, 0) is 19.8 Å². The third-order valence-corrected chi connectivity index (χ3v) is 3.86. The van der Waals surface area contributed by atoms with Crippen LogP contribution in [0.5, 0.6) is 0 Å². The van der Waals surface area contributed by atoms with Crippen molar-refractivity contribution >= 4 is 13.1 Å². The van der Waals surface area contributed by atoms with E-state index in [4.69, 9.17) is 5.11 Å². The minimum absolute atomic E-state index is 0.257. The van der Waals surface area contributed by atoms with Crippen LogP contribution in [0.25, 0.3) is 0 Å². The van der Waals surface area contributed by atoms with Gasteiger partial charge in [0.2, 0.25) is 0 Å². The Hall–Kier alpha value is -0.370. The number of carboxylic acid groups (broad SMARTS) is 1. The van der Waals surface area contributed by atoms with Gasteiger partial charge >= 0.3 is 5.97 Å². The van der Waals surface area contributed by atoms with Crippen molar-refractivity contribution in [1.82, 2.24) is 0 Å². The van der Waals surface area contributed by atoms with Crippen LogP contribution < -0.4 is 0 Å². The zero-order valence-corrected chi connectivity index (χ0v) is 7.69. The zero-order chi connectivity index (χ0) is 9.28. The van der Waals surface area contributed by atoms with Gasteiger partial charge in [-0.3, -0.25) is 0 Å². The van der Waals surface area contributed by atoms with Crippen molar-refractivity contribution < 1.29 is 18.9 Å². The number of rotatable bonds is 3. The highest BCUT2D eigenvalue weighted by molar-refractivity contribution is 7.64. The second-order valence-electron chi connectivity index (χ2n) is 2.77. The van der Waals surface area contributed by atoms with Crippen molar-refractivity contribution in [2.24, 2.45) is 0 Å². The topological polar surface area (TPSA) is 54.4 Å². The Balaban J connectivity index is 4.92. The predicted molar refractivity (Wildman–Crippen MR) is 41.2 cm³/mol. The number of hydrogen-bond donors (Lipinski definition) is 1. The Bertz CT molecular complexity index is 210. The predicted octanol–water partition coefficient (Wildman–Crippen LogP) is 1.77. The van der Waals surface area contributed by atoms with E-state index in [-0.39, 0.29) is 6.42 Å². The largest absolute Gasteiger partial charge is 0.479 e. The third-order valence-electron chi connectivity index (χ3n) is 1.65. The van der Waals surface area contributed by atoms with Crippen molar-refractivity contribution in [3.63, 3.8) is 0 Å². The third kappa shape index (κ3) is 1.80. The molecule has 0 rings (SSSR count). The second-order valence-corrected chi connectivity index (χ2v) is 6.18. The van der Waals surface area contributed by atoms with E-state index in [9.17, 15) is 13.8 Å². The van der Waals surface area contributed by atoms with Crippen LogP contribution in [0.1, 0.15) is 13.3 Å². The maximum Gasteiger partial charge on any atom is 0.349 e. The Morgan fingerprint density at radius 2 is 2.00 bits per heavy atom. The lowest BCUT2D eigenvalue weighted by molar-refractivity contribution is -0.145. The summed E-state index contributed by atoms with van der Waals surface area (Å²) >= 11 is 0. The van der Waals surface area contributed by atoms with E-state index in [2.05, 4.69) is 0 Å². The Kier molecular flexibility index (Phi) is 2.84. The molecule has 1 atom stereocenters. The number of carbonyl (C=O) groups is 1. The molecule has 0 aromatic heterocycles. The monoisotopic (exact) mass is 182 g/mol. The summed E-state index contributed by atoms with van der Waals surface area (Å²) in [4.78, 5) is 10.4. The molecule has 0 aromatic rings. The zero-order valence-electron chi connectivity index (χ0n) is 6.80. The molecule has 0 spiro atoms. The summed E-state index contributed by atoms with van der Waals surface area (Å²) in [5.41, 5.74) is 0. The molecular weight excluding hydrogens is 170 g/mol. The molecule has 0 saturated heterocycles. The molecule has 3 nitrogen and oxygen atoms in total. The lowest BCUT2D eigenvalue weighted by Gasteiger charge is -2.22. The van der Waals surface area contributed by atoms with Crippen molar-refractivity contribution in [2.75, 3.05) is 13.3 Å². The first-order valence-electron chi connectivity index (χ1n) is 3.23. The van der Waals surface area contributed by atoms with Gasteiger partial charge in [0.15, 0.2) is 0 Å². The molecule has 0 aliphatic carbocycles. The number of alkyl halides is 1. The average molecular weight is 182 g/mol. The molecule has 0 amide bonds. The van der Waals surface area contributed by atoms with Gasteiger partial charge in [0.1, 0.15) is 7.14 Å². The van der Waals surface area contributed by atoms with E-state index >= 15 is 0 Å². The van der Waals surface area contributed by atoms with E-state index in [0.717, 1.165) is 13.3 Å². The molecule has 0 saturated carbocycles. The first-order valence-corrected chi connectivity index (χ1v) is 5.83. The van der Waals surface area contributed by atoms with E-state index < -0.39 is 18.5 Å². The van der Waals surface area contributed by atoms with Crippen molar-refractivity contribution in [3.05, 3.63) is 0 Å². The van der Waals surface area contributed by atoms with Crippen LogP contribution in [-0.4, -0.2) is 29.8 Å². The van der Waals surface area contributed by atoms with Gasteiger partial charge in [-0.25, -0.2) is 9.18 Å². The fourth-order valence-electron chi connectivity index (χ4n) is 0.762. The highest BCUT2D eigenvalue weighted by Crippen LogP contribution is 2.54. The Morgan fingerprint density at radius 3 is 2.00 bits per heavy atom. The fourth-order valence-corrected chi connectivity index (χ4v) is 1.98. The lowest BCUT2D eigenvalue weighted by Crippen LogP contribution is -2.32. The summed E-state index contributed by atoms with van der Waals surface area (Å²) in [6.07, 6.45) is -0.257. The summed E-state index contributed by atoms with van der Waals surface area (Å²) in [6, 6.07) is 0. The van der Waals surface area contributed by atoms with E-state index in [0.29, 0.717) is 0 Å². The van der Waals surface area contributed by atoms with Crippen LogP contribution in [0.3, 0.4) is 0 Å². The average Bonchev–Trinajstić information content (AvgIpc) is 1.83. The number of halogens is 1. The highest BCUT2D eigenvalue weighted by atomic mass is 31.2. The molecule has 0 fully saturated rings. The van der Waals surface area contributed by atoms with Gasteiger partial charge in [0, 0.05) is 0 Å². The molecule has 5 heteroatoms. The van der Waals surface area contributed by atoms with Gasteiger partial charge in [0.05, 0.1) is 0 Å². The summed E-state index contributed by atoms with van der Waals surface area (Å²) < 4.78 is 24.4. The summed E-state index contributed by atoms with van der Waals surface area (Å²) in [5, 5.41) is 5.87. The summed E-state index contributed by atoms with van der Waals surface area (Å²) in [7, 11) is -3.21. The van der Waals surface area contributed by atoms with Crippen LogP contribution in [0.15, 0.2) is 0 Å². The van der Waals surface area contributed by atoms with Gasteiger partial charge in [-0.2, -0.15) is 0 Å². The van der Waals surface area contributed by atoms with Crippen LogP contribution in [0.2, 0.25) is 0 Å². The van der Waals surface area contributed by atoms with E-state index in [1.165, 1.54) is 6.92 Å². The number of aliphatic carboxylic acids is 1. The smallest absolute Gasteiger partial charge is 0.349 e. The molecule has 0 heterocycles. The molecule has 0 aromatic carbocycles. The fraction of sp³-hybridized carbons (Fsp3) is 0.833. The lowest BCUT2D eigenvalue weighted by atomic mass is 10.3. The maximum absolute atomic E-state index is 13.3. The Morgan fingerprint density at radius 1 is 1.64 bits per heavy atom. The quantitative estimate of drug-likeness (QED) is 0.676. The molecule has 0 aliphatic rings. The molecule has 0 radical (unpaired) electrons. The van der Waals surface area contributed by atoms with Crippen molar-refractivity contribution in [2.45, 2.75) is 18.8 Å². The van der Waals surface area contributed by atoms with E-state index in [1.54, 1.807) is 0 Å². The molecular formula is C6H12FO3P. The van der Waals surface area contributed by atoms with Crippen LogP contribution in [-0.2, 0) is 9.36 Å². The highest BCUT2D eigenvalue weighted by Gasteiger charge is 2.48. The minimum atomic E-state index is -3.21. The van der Waals surface area contributed by atoms with Gasteiger partial charge < -0.3 is 9.67 Å². The van der Waals surface area contributed by atoms with Gasteiger partial charge in [-0.15, -0.1) is 0 Å². The van der Waals surface area contributed by atoms with Crippen molar-refractivity contribution in [3.8, 4) is 0 Å². The van der Waals surface area contributed by atoms with Crippen LogP contribution in [0.4, 0.5) is 4.39 Å². The van der Waals surface area contributed by atoms with Crippen molar-refractivity contribution in [1.29, 1.82) is 0 Å². The van der Waals surface area contributed by atoms with Gasteiger partial charge in [-0.1, -0.05) is 6.92 Å². The summed E-state index contributed by atoms with van der Waals surface area (Å²) in [5.74, 6) is -1.63. The Labute approximate surface area is 65.0 Å². The molecule has 66 valence electrons. The standard InChI is InChI=1S/C6H12FO3P/c1-4-6(7,5(8)9)11(2,3)10/h4H2,1-3H3,(H,8,9). The minimum Gasteiger partial charge on any atom is -0.479 e. The first kappa shape index (κ1) is 10.6. The molecule has 1 N–H and O–H groups in total. The summed E-state index contributed by atoms with van der Waals surface area (Å²) in [6.45, 7) is 3.66. The molecule has 11 heavy (non-hydrogen) atoms. The van der Waals surface area contributed by atoms with Crippen LogP contribution in [0, 0.1) is 0 Å². The number of hydrogen-bond acceptors (Lipinski definition) is 2. The first-order chi connectivity index (χ1) is 4.75. The van der Waals surface area contributed by atoms with E-state index in [1.807, 2.05) is 0 Å². The maximum atomic E-state index is 13.3. The van der Waals surface area contributed by atoms with Crippen LogP contribution >= 0.6 is 7.14 Å².